The molecule has 1 aliphatic heterocycles. The van der Waals surface area contributed by atoms with E-state index in [4.69, 9.17) is 5.11 Å². The van der Waals surface area contributed by atoms with Crippen LogP contribution in [-0.4, -0.2) is 42.6 Å². The first-order valence-electron chi connectivity index (χ1n) is 6.59. The van der Waals surface area contributed by atoms with Crippen molar-refractivity contribution in [1.82, 2.24) is 14.8 Å². The number of aliphatic carboxylic acids is 1. The number of hydrogen-bond donors (Lipinski definition) is 1. The van der Waals surface area contributed by atoms with E-state index in [2.05, 4.69) is 21.7 Å². The molecule has 0 radical (unpaired) electrons. The third kappa shape index (κ3) is 4.14. The Kier molecular flexibility index (Phi) is 5.57. The maximum absolute atomic E-state index is 10.7. The molecule has 1 aliphatic rings. The smallest absolute Gasteiger partial charge is 0.313 e. The number of hydrogen-bond acceptors (Lipinski definition) is 5. The van der Waals surface area contributed by atoms with Gasteiger partial charge in [0, 0.05) is 18.2 Å². The fourth-order valence-corrected chi connectivity index (χ4v) is 4.08. The lowest BCUT2D eigenvalue weighted by Crippen LogP contribution is -2.14. The Morgan fingerprint density at radius 3 is 3.05 bits per heavy atom. The normalized spacial score (nSPS) is 18.9. The third-order valence-electron chi connectivity index (χ3n) is 3.00. The van der Waals surface area contributed by atoms with Gasteiger partial charge < -0.3 is 9.67 Å². The molecule has 5 nitrogen and oxygen atoms in total. The fraction of sp³-hybridized carbons (Fsp3) is 0.750. The Balaban J connectivity index is 2.09. The van der Waals surface area contributed by atoms with Gasteiger partial charge >= 0.3 is 5.97 Å². The van der Waals surface area contributed by atoms with E-state index in [0.29, 0.717) is 5.25 Å². The maximum Gasteiger partial charge on any atom is 0.313 e. The standard InChI is InChI=1S/C12H19N3O2S2/c1-2-4-10-13-14-12(19-8-11(16)17)15(10)7-9-5-3-6-18-9/h9H,2-8H2,1H3,(H,16,17). The van der Waals surface area contributed by atoms with Gasteiger partial charge in [0.05, 0.1) is 5.75 Å². The van der Waals surface area contributed by atoms with Crippen LogP contribution in [0.15, 0.2) is 5.16 Å². The van der Waals surface area contributed by atoms with Crippen molar-refractivity contribution in [2.75, 3.05) is 11.5 Å². The average molecular weight is 301 g/mol. The molecule has 0 amide bonds. The van der Waals surface area contributed by atoms with Crippen LogP contribution in [0, 0.1) is 0 Å². The van der Waals surface area contributed by atoms with Crippen molar-refractivity contribution >= 4 is 29.5 Å². The summed E-state index contributed by atoms with van der Waals surface area (Å²) in [7, 11) is 0. The zero-order valence-electron chi connectivity index (χ0n) is 11.0. The summed E-state index contributed by atoms with van der Waals surface area (Å²) in [5.74, 6) is 1.45. The van der Waals surface area contributed by atoms with E-state index in [9.17, 15) is 4.79 Å². The zero-order chi connectivity index (χ0) is 13.7. The van der Waals surface area contributed by atoms with Crippen LogP contribution in [0.3, 0.4) is 0 Å². The molecule has 2 rings (SSSR count). The van der Waals surface area contributed by atoms with Crippen LogP contribution >= 0.6 is 23.5 Å². The van der Waals surface area contributed by atoms with Crippen molar-refractivity contribution in [2.24, 2.45) is 0 Å². The Morgan fingerprint density at radius 1 is 1.58 bits per heavy atom. The molecule has 7 heteroatoms. The summed E-state index contributed by atoms with van der Waals surface area (Å²) >= 11 is 3.26. The summed E-state index contributed by atoms with van der Waals surface area (Å²) < 4.78 is 2.13. The second kappa shape index (κ2) is 7.19. The van der Waals surface area contributed by atoms with Crippen molar-refractivity contribution in [2.45, 2.75) is 49.6 Å². The van der Waals surface area contributed by atoms with E-state index in [-0.39, 0.29) is 5.75 Å². The summed E-state index contributed by atoms with van der Waals surface area (Å²) in [5, 5.41) is 18.5. The maximum atomic E-state index is 10.7. The summed E-state index contributed by atoms with van der Waals surface area (Å²) in [5.41, 5.74) is 0. The molecular formula is C12H19N3O2S2. The lowest BCUT2D eigenvalue weighted by atomic mass is 10.2. The first kappa shape index (κ1) is 14.7. The van der Waals surface area contributed by atoms with Gasteiger partial charge in [-0.15, -0.1) is 10.2 Å². The molecule has 19 heavy (non-hydrogen) atoms. The van der Waals surface area contributed by atoms with Crippen molar-refractivity contribution in [1.29, 1.82) is 0 Å². The minimum atomic E-state index is -0.813. The number of rotatable bonds is 7. The second-order valence-electron chi connectivity index (χ2n) is 4.58. The van der Waals surface area contributed by atoms with E-state index in [1.165, 1.54) is 30.4 Å². The van der Waals surface area contributed by atoms with Crippen molar-refractivity contribution < 1.29 is 9.90 Å². The first-order chi connectivity index (χ1) is 9.20. The van der Waals surface area contributed by atoms with Crippen LogP contribution in [0.5, 0.6) is 0 Å². The molecule has 1 aromatic rings. The third-order valence-corrected chi connectivity index (χ3v) is 5.33. The summed E-state index contributed by atoms with van der Waals surface area (Å²) in [6.07, 6.45) is 4.44. The van der Waals surface area contributed by atoms with Crippen LogP contribution in [0.1, 0.15) is 32.0 Å². The van der Waals surface area contributed by atoms with E-state index >= 15 is 0 Å². The molecule has 1 N–H and O–H groups in total. The predicted octanol–water partition coefficient (Wildman–Crippen LogP) is 2.30. The molecule has 2 heterocycles. The molecule has 1 unspecified atom stereocenters. The number of carboxylic acids is 1. The van der Waals surface area contributed by atoms with E-state index in [1.807, 2.05) is 11.8 Å². The average Bonchev–Trinajstić information content (AvgIpc) is 2.99. The van der Waals surface area contributed by atoms with E-state index in [0.717, 1.165) is 30.4 Å². The summed E-state index contributed by atoms with van der Waals surface area (Å²) in [6, 6.07) is 0. The summed E-state index contributed by atoms with van der Waals surface area (Å²) in [4.78, 5) is 10.7. The van der Waals surface area contributed by atoms with Gasteiger partial charge in [-0.05, 0) is 25.0 Å². The Bertz CT molecular complexity index is 431. The van der Waals surface area contributed by atoms with Gasteiger partial charge in [0.15, 0.2) is 5.16 Å². The lowest BCUT2D eigenvalue weighted by molar-refractivity contribution is -0.133. The number of carboxylic acid groups (broad SMARTS) is 1. The van der Waals surface area contributed by atoms with Crippen molar-refractivity contribution in [3.05, 3.63) is 5.82 Å². The highest BCUT2D eigenvalue weighted by Crippen LogP contribution is 2.29. The number of aromatic nitrogens is 3. The topological polar surface area (TPSA) is 68.0 Å². The molecule has 0 bridgehead atoms. The van der Waals surface area contributed by atoms with Crippen LogP contribution < -0.4 is 0 Å². The quantitative estimate of drug-likeness (QED) is 0.779. The highest BCUT2D eigenvalue weighted by molar-refractivity contribution is 8.00. The van der Waals surface area contributed by atoms with E-state index < -0.39 is 5.97 Å². The Hall–Kier alpha value is -0.690. The minimum Gasteiger partial charge on any atom is -0.481 e. The molecule has 1 fully saturated rings. The fourth-order valence-electron chi connectivity index (χ4n) is 2.14. The molecule has 1 aromatic heterocycles. The molecule has 1 saturated heterocycles. The number of carbonyl (C=O) groups is 1. The van der Waals surface area contributed by atoms with Crippen LogP contribution in [-0.2, 0) is 17.8 Å². The van der Waals surface area contributed by atoms with Gasteiger partial charge in [-0.3, -0.25) is 4.79 Å². The number of aryl methyl sites for hydroxylation is 1. The Morgan fingerprint density at radius 2 is 2.42 bits per heavy atom. The minimum absolute atomic E-state index is 0.0437. The summed E-state index contributed by atoms with van der Waals surface area (Å²) in [6.45, 7) is 3.03. The highest BCUT2D eigenvalue weighted by atomic mass is 32.2. The van der Waals surface area contributed by atoms with E-state index in [1.54, 1.807) is 0 Å². The zero-order valence-corrected chi connectivity index (χ0v) is 12.7. The van der Waals surface area contributed by atoms with Crippen LogP contribution in [0.2, 0.25) is 0 Å². The van der Waals surface area contributed by atoms with Gasteiger partial charge in [-0.2, -0.15) is 11.8 Å². The molecule has 0 aromatic carbocycles. The highest BCUT2D eigenvalue weighted by Gasteiger charge is 2.20. The van der Waals surface area contributed by atoms with Gasteiger partial charge in [-0.25, -0.2) is 0 Å². The molecule has 106 valence electrons. The van der Waals surface area contributed by atoms with Gasteiger partial charge in [0.25, 0.3) is 0 Å². The van der Waals surface area contributed by atoms with Crippen LogP contribution in [0.4, 0.5) is 0 Å². The predicted molar refractivity (Wildman–Crippen MR) is 77.9 cm³/mol. The monoisotopic (exact) mass is 301 g/mol. The largest absolute Gasteiger partial charge is 0.481 e. The molecule has 1 atom stereocenters. The van der Waals surface area contributed by atoms with Crippen molar-refractivity contribution in [3.63, 3.8) is 0 Å². The molecular weight excluding hydrogens is 282 g/mol. The van der Waals surface area contributed by atoms with Gasteiger partial charge in [0.1, 0.15) is 5.82 Å². The molecule has 0 saturated carbocycles. The number of nitrogens with zero attached hydrogens (tertiary/aromatic N) is 3. The second-order valence-corrected chi connectivity index (χ2v) is 6.93. The van der Waals surface area contributed by atoms with Gasteiger partial charge in [0.2, 0.25) is 0 Å². The first-order valence-corrected chi connectivity index (χ1v) is 8.62. The van der Waals surface area contributed by atoms with Crippen LogP contribution in [0.25, 0.3) is 0 Å². The molecule has 0 aliphatic carbocycles. The van der Waals surface area contributed by atoms with Crippen molar-refractivity contribution in [3.8, 4) is 0 Å². The SMILES string of the molecule is CCCc1nnc(SCC(=O)O)n1CC1CCCS1. The van der Waals surface area contributed by atoms with Gasteiger partial charge in [-0.1, -0.05) is 18.7 Å². The lowest BCUT2D eigenvalue weighted by Gasteiger charge is -2.13. The molecule has 0 spiro atoms. The number of thioether (sulfide) groups is 2. The Labute approximate surface area is 121 Å².